The average Bonchev–Trinajstić information content (AvgIpc) is 2.78. The molecule has 0 unspecified atom stereocenters. The van der Waals surface area contributed by atoms with Crippen LogP contribution in [-0.2, 0) is 6.42 Å². The minimum Gasteiger partial charge on any atom is -0.494 e. The molecule has 1 aromatic carbocycles. The molecule has 0 saturated carbocycles. The first kappa shape index (κ1) is 10.7. The molecule has 2 aromatic rings. The zero-order valence-electron chi connectivity index (χ0n) is 9.16. The molecule has 84 valence electrons. The Morgan fingerprint density at radius 2 is 2.19 bits per heavy atom. The Morgan fingerprint density at radius 1 is 1.38 bits per heavy atom. The lowest BCUT2D eigenvalue weighted by atomic mass is 10.1. The highest BCUT2D eigenvalue weighted by Gasteiger charge is 2.09. The van der Waals surface area contributed by atoms with E-state index in [0.717, 1.165) is 17.7 Å². The van der Waals surface area contributed by atoms with Crippen molar-refractivity contribution in [2.24, 2.45) is 0 Å². The van der Waals surface area contributed by atoms with Crippen molar-refractivity contribution in [3.63, 3.8) is 0 Å². The second-order valence-corrected chi connectivity index (χ2v) is 3.38. The lowest BCUT2D eigenvalue weighted by Crippen LogP contribution is -1.88. The molecule has 0 N–H and O–H groups in total. The molecular weight excluding hydrogens is 209 g/mol. The second kappa shape index (κ2) is 4.35. The number of ether oxygens (including phenoxy) is 1. The third-order valence-corrected chi connectivity index (χ3v) is 2.35. The summed E-state index contributed by atoms with van der Waals surface area (Å²) < 4.78 is 23.2. The SMILES string of the molecule is CCc1cc(-c2ccc(F)c(OC)c2)no1. The molecule has 3 nitrogen and oxygen atoms in total. The highest BCUT2D eigenvalue weighted by atomic mass is 19.1. The van der Waals surface area contributed by atoms with E-state index in [9.17, 15) is 4.39 Å². The standard InChI is InChI=1S/C12H12FNO2/c1-3-9-7-11(14-16-9)8-4-5-10(13)12(6-8)15-2/h4-7H,3H2,1-2H3. The maximum atomic E-state index is 13.2. The van der Waals surface area contributed by atoms with Crippen LogP contribution in [0.15, 0.2) is 28.8 Å². The zero-order valence-corrected chi connectivity index (χ0v) is 9.16. The fourth-order valence-electron chi connectivity index (χ4n) is 1.43. The normalized spacial score (nSPS) is 10.4. The third kappa shape index (κ3) is 1.91. The van der Waals surface area contributed by atoms with Crippen LogP contribution in [0.1, 0.15) is 12.7 Å². The molecule has 0 atom stereocenters. The number of rotatable bonds is 3. The van der Waals surface area contributed by atoms with Gasteiger partial charge in [0.15, 0.2) is 11.6 Å². The largest absolute Gasteiger partial charge is 0.494 e. The third-order valence-electron chi connectivity index (χ3n) is 2.35. The molecule has 0 bridgehead atoms. The van der Waals surface area contributed by atoms with Gasteiger partial charge in [0, 0.05) is 18.1 Å². The van der Waals surface area contributed by atoms with E-state index in [-0.39, 0.29) is 11.6 Å². The summed E-state index contributed by atoms with van der Waals surface area (Å²) in [6.45, 7) is 1.98. The van der Waals surface area contributed by atoms with Gasteiger partial charge in [-0.25, -0.2) is 4.39 Å². The van der Waals surface area contributed by atoms with E-state index < -0.39 is 0 Å². The molecule has 1 aromatic heterocycles. The molecule has 0 amide bonds. The fraction of sp³-hybridized carbons (Fsp3) is 0.250. The molecule has 0 fully saturated rings. The van der Waals surface area contributed by atoms with E-state index in [2.05, 4.69) is 5.16 Å². The molecule has 0 spiro atoms. The maximum Gasteiger partial charge on any atom is 0.165 e. The maximum absolute atomic E-state index is 13.2. The Kier molecular flexibility index (Phi) is 2.90. The van der Waals surface area contributed by atoms with Crippen LogP contribution in [0, 0.1) is 5.82 Å². The summed E-state index contributed by atoms with van der Waals surface area (Å²) in [6, 6.07) is 6.45. The van der Waals surface area contributed by atoms with E-state index in [0.29, 0.717) is 5.69 Å². The quantitative estimate of drug-likeness (QED) is 0.799. The number of aromatic nitrogens is 1. The first-order chi connectivity index (χ1) is 7.74. The van der Waals surface area contributed by atoms with Crippen LogP contribution in [0.3, 0.4) is 0 Å². The van der Waals surface area contributed by atoms with Gasteiger partial charge in [-0.2, -0.15) is 0 Å². The average molecular weight is 221 g/mol. The molecule has 1 heterocycles. The first-order valence-corrected chi connectivity index (χ1v) is 5.04. The molecule has 16 heavy (non-hydrogen) atoms. The van der Waals surface area contributed by atoms with E-state index in [1.54, 1.807) is 12.1 Å². The molecule has 0 aliphatic carbocycles. The number of methoxy groups -OCH3 is 1. The molecule has 0 saturated heterocycles. The van der Waals surface area contributed by atoms with Crippen molar-refractivity contribution in [1.82, 2.24) is 5.16 Å². The number of hydrogen-bond acceptors (Lipinski definition) is 3. The molecule has 2 rings (SSSR count). The molecule has 0 aliphatic heterocycles. The highest BCUT2D eigenvalue weighted by Crippen LogP contribution is 2.26. The summed E-state index contributed by atoms with van der Waals surface area (Å²) in [5, 5.41) is 3.91. The minimum atomic E-state index is -0.384. The van der Waals surface area contributed by atoms with E-state index in [4.69, 9.17) is 9.26 Å². The summed E-state index contributed by atoms with van der Waals surface area (Å²) in [5.41, 5.74) is 1.47. The summed E-state index contributed by atoms with van der Waals surface area (Å²) in [5.74, 6) is 0.627. The van der Waals surface area contributed by atoms with Crippen molar-refractivity contribution in [3.8, 4) is 17.0 Å². The predicted molar refractivity (Wildman–Crippen MR) is 57.8 cm³/mol. The van der Waals surface area contributed by atoms with Crippen molar-refractivity contribution >= 4 is 0 Å². The summed E-state index contributed by atoms with van der Waals surface area (Å²) in [6.07, 6.45) is 0.783. The van der Waals surface area contributed by atoms with Crippen LogP contribution in [0.4, 0.5) is 4.39 Å². The van der Waals surface area contributed by atoms with Gasteiger partial charge in [-0.3, -0.25) is 0 Å². The predicted octanol–water partition coefficient (Wildman–Crippen LogP) is 3.05. The Morgan fingerprint density at radius 3 is 2.81 bits per heavy atom. The number of halogens is 1. The Balaban J connectivity index is 2.40. The van der Waals surface area contributed by atoms with Crippen LogP contribution in [0.2, 0.25) is 0 Å². The van der Waals surface area contributed by atoms with Gasteiger partial charge in [-0.15, -0.1) is 0 Å². The highest BCUT2D eigenvalue weighted by molar-refractivity contribution is 5.61. The van der Waals surface area contributed by atoms with E-state index >= 15 is 0 Å². The van der Waals surface area contributed by atoms with Crippen molar-refractivity contribution < 1.29 is 13.7 Å². The smallest absolute Gasteiger partial charge is 0.165 e. The monoisotopic (exact) mass is 221 g/mol. The van der Waals surface area contributed by atoms with E-state index in [1.807, 2.05) is 13.0 Å². The van der Waals surface area contributed by atoms with Gasteiger partial charge in [0.25, 0.3) is 0 Å². The van der Waals surface area contributed by atoms with Gasteiger partial charge in [0.1, 0.15) is 11.5 Å². The lowest BCUT2D eigenvalue weighted by Gasteiger charge is -2.02. The van der Waals surface area contributed by atoms with Crippen molar-refractivity contribution in [1.29, 1.82) is 0 Å². The van der Waals surface area contributed by atoms with Crippen molar-refractivity contribution in [3.05, 3.63) is 35.8 Å². The molecular formula is C12H12FNO2. The van der Waals surface area contributed by atoms with Crippen molar-refractivity contribution in [2.45, 2.75) is 13.3 Å². The Bertz CT molecular complexity index is 494. The van der Waals surface area contributed by atoms with Crippen LogP contribution in [-0.4, -0.2) is 12.3 Å². The zero-order chi connectivity index (χ0) is 11.5. The van der Waals surface area contributed by atoms with Gasteiger partial charge in [0.05, 0.1) is 7.11 Å². The number of aryl methyl sites for hydroxylation is 1. The first-order valence-electron chi connectivity index (χ1n) is 5.04. The Labute approximate surface area is 92.8 Å². The van der Waals surface area contributed by atoms with Gasteiger partial charge in [-0.1, -0.05) is 12.1 Å². The van der Waals surface area contributed by atoms with Gasteiger partial charge < -0.3 is 9.26 Å². The van der Waals surface area contributed by atoms with Crippen molar-refractivity contribution in [2.75, 3.05) is 7.11 Å². The number of nitrogens with zero attached hydrogens (tertiary/aromatic N) is 1. The van der Waals surface area contributed by atoms with E-state index in [1.165, 1.54) is 13.2 Å². The van der Waals surface area contributed by atoms with Crippen LogP contribution in [0.5, 0.6) is 5.75 Å². The van der Waals surface area contributed by atoms with Gasteiger partial charge in [-0.05, 0) is 18.2 Å². The molecule has 0 radical (unpaired) electrons. The summed E-state index contributed by atoms with van der Waals surface area (Å²) >= 11 is 0. The number of hydrogen-bond donors (Lipinski definition) is 0. The molecule has 0 aliphatic rings. The molecule has 4 heteroatoms. The minimum absolute atomic E-state index is 0.207. The van der Waals surface area contributed by atoms with Gasteiger partial charge in [0.2, 0.25) is 0 Å². The Hall–Kier alpha value is -1.84. The van der Waals surface area contributed by atoms with Gasteiger partial charge >= 0.3 is 0 Å². The summed E-state index contributed by atoms with van der Waals surface area (Å²) in [7, 11) is 1.43. The number of benzene rings is 1. The lowest BCUT2D eigenvalue weighted by molar-refractivity contribution is 0.385. The van der Waals surface area contributed by atoms with Crippen LogP contribution in [0.25, 0.3) is 11.3 Å². The topological polar surface area (TPSA) is 35.3 Å². The van der Waals surface area contributed by atoms with Crippen LogP contribution >= 0.6 is 0 Å². The van der Waals surface area contributed by atoms with Crippen LogP contribution < -0.4 is 4.74 Å². The fourth-order valence-corrected chi connectivity index (χ4v) is 1.43. The second-order valence-electron chi connectivity index (χ2n) is 3.38. The summed E-state index contributed by atoms with van der Waals surface area (Å²) in [4.78, 5) is 0.